The highest BCUT2D eigenvalue weighted by atomic mass is 16.1. The predicted octanol–water partition coefficient (Wildman–Crippen LogP) is 1.27. The molecule has 1 saturated carbocycles. The largest absolute Gasteiger partial charge is 0.342 e. The van der Waals surface area contributed by atoms with E-state index in [9.17, 15) is 4.79 Å². The van der Waals surface area contributed by atoms with E-state index in [1.165, 1.54) is 0 Å². The Bertz CT molecular complexity index is 616. The van der Waals surface area contributed by atoms with E-state index in [-0.39, 0.29) is 11.9 Å². The fourth-order valence-corrected chi connectivity index (χ4v) is 1.91. The van der Waals surface area contributed by atoms with Gasteiger partial charge in [0.1, 0.15) is 11.6 Å². The number of H-pyrrole nitrogens is 1. The Morgan fingerprint density at radius 3 is 2.65 bits per heavy atom. The average molecular weight is 272 g/mol. The molecule has 1 aliphatic carbocycles. The third kappa shape index (κ3) is 2.66. The van der Waals surface area contributed by atoms with Crippen molar-refractivity contribution in [3.05, 3.63) is 35.4 Å². The number of aryl methyl sites for hydroxylation is 1. The van der Waals surface area contributed by atoms with Crippen molar-refractivity contribution in [2.24, 2.45) is 0 Å². The number of nitrogens with zero attached hydrogens (tertiary/aromatic N) is 4. The highest BCUT2D eigenvalue weighted by Crippen LogP contribution is 2.37. The highest BCUT2D eigenvalue weighted by molar-refractivity contribution is 5.93. The molecule has 20 heavy (non-hydrogen) atoms. The minimum Gasteiger partial charge on any atom is -0.342 e. The molecule has 0 aromatic carbocycles. The van der Waals surface area contributed by atoms with Crippen LogP contribution in [-0.2, 0) is 0 Å². The number of hydrogen-bond acceptors (Lipinski definition) is 5. The van der Waals surface area contributed by atoms with E-state index >= 15 is 0 Å². The maximum absolute atomic E-state index is 12.1. The molecule has 1 atom stereocenters. The fourth-order valence-electron chi connectivity index (χ4n) is 1.91. The van der Waals surface area contributed by atoms with E-state index in [0.717, 1.165) is 24.5 Å². The number of aromatic amines is 1. The molecule has 2 heterocycles. The van der Waals surface area contributed by atoms with Crippen LogP contribution < -0.4 is 5.32 Å². The summed E-state index contributed by atoms with van der Waals surface area (Å²) in [5, 5.41) is 9.60. The average Bonchev–Trinajstić information content (AvgIpc) is 3.20. The summed E-state index contributed by atoms with van der Waals surface area (Å²) in [5.41, 5.74) is 0.452. The molecule has 0 bridgehead atoms. The third-order valence-electron chi connectivity index (χ3n) is 3.23. The molecule has 2 aromatic rings. The van der Waals surface area contributed by atoms with Crippen molar-refractivity contribution >= 4 is 5.91 Å². The summed E-state index contributed by atoms with van der Waals surface area (Å²) < 4.78 is 0. The van der Waals surface area contributed by atoms with Gasteiger partial charge in [0, 0.05) is 18.3 Å². The van der Waals surface area contributed by atoms with Crippen LogP contribution >= 0.6 is 0 Å². The van der Waals surface area contributed by atoms with Crippen LogP contribution in [0.4, 0.5) is 0 Å². The third-order valence-corrected chi connectivity index (χ3v) is 3.23. The van der Waals surface area contributed by atoms with Crippen molar-refractivity contribution < 1.29 is 4.79 Å². The maximum Gasteiger partial charge on any atom is 0.254 e. The van der Waals surface area contributed by atoms with E-state index in [2.05, 4.69) is 30.5 Å². The normalized spacial score (nSPS) is 15.9. The Hall–Kier alpha value is -2.31. The monoisotopic (exact) mass is 272 g/mol. The lowest BCUT2D eigenvalue weighted by molar-refractivity contribution is 0.0937. The maximum atomic E-state index is 12.1. The van der Waals surface area contributed by atoms with Gasteiger partial charge in [0.05, 0.1) is 11.6 Å². The molecule has 3 rings (SSSR count). The Labute approximate surface area is 116 Å². The van der Waals surface area contributed by atoms with Crippen LogP contribution in [0.15, 0.2) is 12.4 Å². The van der Waals surface area contributed by atoms with Crippen LogP contribution in [0.1, 0.15) is 59.6 Å². The minimum atomic E-state index is -0.268. The van der Waals surface area contributed by atoms with Gasteiger partial charge >= 0.3 is 0 Å². The summed E-state index contributed by atoms with van der Waals surface area (Å²) in [4.78, 5) is 24.7. The van der Waals surface area contributed by atoms with Gasteiger partial charge in [-0.1, -0.05) is 0 Å². The molecule has 0 aliphatic heterocycles. The number of nitrogens with one attached hydrogen (secondary N) is 2. The molecule has 0 radical (unpaired) electrons. The van der Waals surface area contributed by atoms with E-state index in [4.69, 9.17) is 0 Å². The summed E-state index contributed by atoms with van der Waals surface area (Å²) in [6.45, 7) is 3.65. The number of aromatic nitrogens is 5. The first-order valence-corrected chi connectivity index (χ1v) is 6.65. The second-order valence-corrected chi connectivity index (χ2v) is 5.08. The Balaban J connectivity index is 1.66. The van der Waals surface area contributed by atoms with Crippen molar-refractivity contribution in [1.82, 2.24) is 30.5 Å². The molecule has 2 N–H and O–H groups in total. The van der Waals surface area contributed by atoms with Gasteiger partial charge < -0.3 is 5.32 Å². The quantitative estimate of drug-likeness (QED) is 0.873. The molecule has 104 valence electrons. The summed E-state index contributed by atoms with van der Waals surface area (Å²) in [7, 11) is 0. The zero-order valence-corrected chi connectivity index (χ0v) is 11.4. The number of carbonyl (C=O) groups excluding carboxylic acids is 1. The molecule has 0 spiro atoms. The molecular formula is C13H16N6O. The van der Waals surface area contributed by atoms with E-state index in [1.807, 2.05) is 13.8 Å². The number of amides is 1. The molecule has 1 fully saturated rings. The molecule has 0 saturated heterocycles. The first-order chi connectivity index (χ1) is 9.63. The molecular weight excluding hydrogens is 256 g/mol. The van der Waals surface area contributed by atoms with Crippen molar-refractivity contribution in [1.29, 1.82) is 0 Å². The molecule has 1 aliphatic rings. The lowest BCUT2D eigenvalue weighted by Gasteiger charge is -2.10. The predicted molar refractivity (Wildman–Crippen MR) is 71.0 cm³/mol. The number of rotatable bonds is 4. The minimum absolute atomic E-state index is 0.220. The van der Waals surface area contributed by atoms with Crippen LogP contribution in [0, 0.1) is 6.92 Å². The van der Waals surface area contributed by atoms with Gasteiger partial charge in [-0.25, -0.2) is 15.0 Å². The van der Waals surface area contributed by atoms with Crippen LogP contribution in [0.2, 0.25) is 0 Å². The Morgan fingerprint density at radius 2 is 2.10 bits per heavy atom. The summed E-state index contributed by atoms with van der Waals surface area (Å²) in [5.74, 6) is 2.38. The topological polar surface area (TPSA) is 96.5 Å². The van der Waals surface area contributed by atoms with Gasteiger partial charge in [-0.15, -0.1) is 0 Å². The van der Waals surface area contributed by atoms with Gasteiger partial charge in [0.15, 0.2) is 5.82 Å². The zero-order chi connectivity index (χ0) is 14.1. The van der Waals surface area contributed by atoms with Gasteiger partial charge in [-0.3, -0.25) is 9.89 Å². The van der Waals surface area contributed by atoms with Gasteiger partial charge in [-0.05, 0) is 26.7 Å². The van der Waals surface area contributed by atoms with Gasteiger partial charge in [0.25, 0.3) is 5.91 Å². The Kier molecular flexibility index (Phi) is 3.17. The van der Waals surface area contributed by atoms with Crippen molar-refractivity contribution in [2.45, 2.75) is 38.6 Å². The van der Waals surface area contributed by atoms with Crippen LogP contribution in [0.25, 0.3) is 0 Å². The standard InChI is InChI=1S/C13H16N6O/c1-7(11-17-8(2)18-19-11)16-13(20)10-5-14-12(15-6-10)9-3-4-9/h5-7,9H,3-4H2,1-2H3,(H,16,20)(H,17,18,19)/t7-/m1/s1. The highest BCUT2D eigenvalue weighted by Gasteiger charge is 2.26. The van der Waals surface area contributed by atoms with Crippen molar-refractivity contribution in [3.8, 4) is 0 Å². The summed E-state index contributed by atoms with van der Waals surface area (Å²) in [6, 6.07) is -0.268. The number of hydrogen-bond donors (Lipinski definition) is 2. The van der Waals surface area contributed by atoms with E-state index in [1.54, 1.807) is 12.4 Å². The van der Waals surface area contributed by atoms with Gasteiger partial charge in [0.2, 0.25) is 0 Å². The second kappa shape index (κ2) is 4.99. The first kappa shape index (κ1) is 12.7. The molecule has 7 nitrogen and oxygen atoms in total. The van der Waals surface area contributed by atoms with Crippen LogP contribution in [0.3, 0.4) is 0 Å². The van der Waals surface area contributed by atoms with Crippen LogP contribution in [-0.4, -0.2) is 31.1 Å². The lowest BCUT2D eigenvalue weighted by Crippen LogP contribution is -2.27. The van der Waals surface area contributed by atoms with Crippen LogP contribution in [0.5, 0.6) is 0 Å². The summed E-state index contributed by atoms with van der Waals surface area (Å²) in [6.07, 6.45) is 5.44. The fraction of sp³-hybridized carbons (Fsp3) is 0.462. The SMILES string of the molecule is Cc1nc([C@@H](C)NC(=O)c2cnc(C3CC3)nc2)n[nH]1. The number of carbonyl (C=O) groups is 1. The first-order valence-electron chi connectivity index (χ1n) is 6.65. The molecule has 1 amide bonds. The van der Waals surface area contributed by atoms with Gasteiger partial charge in [-0.2, -0.15) is 5.10 Å². The lowest BCUT2D eigenvalue weighted by atomic mass is 10.2. The molecule has 7 heteroatoms. The molecule has 0 unspecified atom stereocenters. The summed E-state index contributed by atoms with van der Waals surface area (Å²) >= 11 is 0. The van der Waals surface area contributed by atoms with Crippen molar-refractivity contribution in [2.75, 3.05) is 0 Å². The van der Waals surface area contributed by atoms with Crippen molar-refractivity contribution in [3.63, 3.8) is 0 Å². The van der Waals surface area contributed by atoms with E-state index < -0.39 is 0 Å². The Morgan fingerprint density at radius 1 is 1.40 bits per heavy atom. The zero-order valence-electron chi connectivity index (χ0n) is 11.4. The molecule has 2 aromatic heterocycles. The van der Waals surface area contributed by atoms with E-state index in [0.29, 0.717) is 17.3 Å². The second-order valence-electron chi connectivity index (χ2n) is 5.08. The smallest absolute Gasteiger partial charge is 0.254 e.